The number of hydrogen-bond donors (Lipinski definition) is 0. The van der Waals surface area contributed by atoms with E-state index in [0.717, 1.165) is 19.6 Å². The Balaban J connectivity index is 3.04. The monoisotopic (exact) mass is 206 g/mol. The van der Waals surface area contributed by atoms with Crippen LogP contribution in [-0.2, 0) is 0 Å². The summed E-state index contributed by atoms with van der Waals surface area (Å²) in [5, 5.41) is 0. The molecular formula is C13H22N2. The molecule has 0 radical (unpaired) electrons. The lowest BCUT2D eigenvalue weighted by Gasteiger charge is -2.28. The maximum atomic E-state index is 2.39. The molecule has 0 fully saturated rings. The first-order chi connectivity index (χ1) is 7.24. The van der Waals surface area contributed by atoms with Crippen LogP contribution in [0.1, 0.15) is 20.8 Å². The van der Waals surface area contributed by atoms with E-state index in [1.54, 1.807) is 0 Å². The second-order valence-corrected chi connectivity index (χ2v) is 3.68. The second kappa shape index (κ2) is 5.64. The zero-order chi connectivity index (χ0) is 11.3. The van der Waals surface area contributed by atoms with Gasteiger partial charge in [0.25, 0.3) is 0 Å². The summed E-state index contributed by atoms with van der Waals surface area (Å²) >= 11 is 0. The number of benzene rings is 1. The van der Waals surface area contributed by atoms with Crippen molar-refractivity contribution in [3.63, 3.8) is 0 Å². The third-order valence-corrected chi connectivity index (χ3v) is 2.87. The highest BCUT2D eigenvalue weighted by atomic mass is 15.2. The SMILES string of the molecule is CCN(C)c1ccccc1N(CC)CC. The Labute approximate surface area is 93.5 Å². The van der Waals surface area contributed by atoms with Gasteiger partial charge in [0.1, 0.15) is 0 Å². The molecule has 1 rings (SSSR count). The fraction of sp³-hybridized carbons (Fsp3) is 0.538. The molecular weight excluding hydrogens is 184 g/mol. The largest absolute Gasteiger partial charge is 0.373 e. The van der Waals surface area contributed by atoms with Gasteiger partial charge in [0, 0.05) is 26.7 Å². The van der Waals surface area contributed by atoms with Crippen LogP contribution in [0.2, 0.25) is 0 Å². The minimum absolute atomic E-state index is 1.04. The van der Waals surface area contributed by atoms with Crippen molar-refractivity contribution >= 4 is 11.4 Å². The first kappa shape index (κ1) is 11.9. The minimum Gasteiger partial charge on any atom is -0.373 e. The van der Waals surface area contributed by atoms with Gasteiger partial charge < -0.3 is 9.80 Å². The molecule has 1 aromatic rings. The van der Waals surface area contributed by atoms with Crippen LogP contribution in [0.4, 0.5) is 11.4 Å². The summed E-state index contributed by atoms with van der Waals surface area (Å²) in [6.07, 6.45) is 0. The van der Waals surface area contributed by atoms with Crippen molar-refractivity contribution in [1.82, 2.24) is 0 Å². The number of hydrogen-bond acceptors (Lipinski definition) is 2. The second-order valence-electron chi connectivity index (χ2n) is 3.68. The molecule has 0 saturated carbocycles. The van der Waals surface area contributed by atoms with E-state index < -0.39 is 0 Å². The molecule has 0 spiro atoms. The Morgan fingerprint density at radius 2 is 1.40 bits per heavy atom. The number of rotatable bonds is 5. The first-order valence-corrected chi connectivity index (χ1v) is 5.79. The average Bonchev–Trinajstić information content (AvgIpc) is 2.30. The van der Waals surface area contributed by atoms with Gasteiger partial charge in [-0.2, -0.15) is 0 Å². The zero-order valence-corrected chi connectivity index (χ0v) is 10.3. The molecule has 2 nitrogen and oxygen atoms in total. The Morgan fingerprint density at radius 1 is 0.867 bits per heavy atom. The van der Waals surface area contributed by atoms with Gasteiger partial charge >= 0.3 is 0 Å². The van der Waals surface area contributed by atoms with Crippen LogP contribution in [0.3, 0.4) is 0 Å². The van der Waals surface area contributed by atoms with Crippen LogP contribution in [0.5, 0.6) is 0 Å². The fourth-order valence-corrected chi connectivity index (χ4v) is 1.79. The zero-order valence-electron chi connectivity index (χ0n) is 10.3. The van der Waals surface area contributed by atoms with E-state index in [9.17, 15) is 0 Å². The summed E-state index contributed by atoms with van der Waals surface area (Å²) in [6.45, 7) is 9.74. The van der Waals surface area contributed by atoms with Crippen LogP contribution in [0.15, 0.2) is 24.3 Å². The third kappa shape index (κ3) is 2.65. The van der Waals surface area contributed by atoms with Gasteiger partial charge in [-0.05, 0) is 32.9 Å². The Bertz CT molecular complexity index is 292. The highest BCUT2D eigenvalue weighted by Gasteiger charge is 2.09. The molecule has 84 valence electrons. The van der Waals surface area contributed by atoms with Crippen molar-refractivity contribution in [3.05, 3.63) is 24.3 Å². The van der Waals surface area contributed by atoms with E-state index >= 15 is 0 Å². The third-order valence-electron chi connectivity index (χ3n) is 2.87. The van der Waals surface area contributed by atoms with Crippen molar-refractivity contribution in [3.8, 4) is 0 Å². The van der Waals surface area contributed by atoms with Gasteiger partial charge in [0.2, 0.25) is 0 Å². The van der Waals surface area contributed by atoms with Crippen LogP contribution < -0.4 is 9.80 Å². The molecule has 0 amide bonds. The van der Waals surface area contributed by atoms with Crippen LogP contribution >= 0.6 is 0 Å². The van der Waals surface area contributed by atoms with Gasteiger partial charge in [-0.3, -0.25) is 0 Å². The lowest BCUT2D eigenvalue weighted by molar-refractivity contribution is 0.856. The topological polar surface area (TPSA) is 6.48 Å². The van der Waals surface area contributed by atoms with Gasteiger partial charge in [0.05, 0.1) is 11.4 Å². The summed E-state index contributed by atoms with van der Waals surface area (Å²) in [5.41, 5.74) is 2.66. The lowest BCUT2D eigenvalue weighted by Crippen LogP contribution is -2.25. The maximum absolute atomic E-state index is 2.39. The molecule has 0 atom stereocenters. The molecule has 15 heavy (non-hydrogen) atoms. The standard InChI is InChI=1S/C13H22N2/c1-5-14(4)12-10-8-9-11-13(12)15(6-2)7-3/h8-11H,5-7H2,1-4H3. The minimum atomic E-state index is 1.04. The van der Waals surface area contributed by atoms with Gasteiger partial charge in [-0.25, -0.2) is 0 Å². The predicted molar refractivity (Wildman–Crippen MR) is 68.9 cm³/mol. The Kier molecular flexibility index (Phi) is 4.47. The smallest absolute Gasteiger partial charge is 0.0603 e. The summed E-state index contributed by atoms with van der Waals surface area (Å²) in [7, 11) is 2.14. The quantitative estimate of drug-likeness (QED) is 0.730. The molecule has 1 aromatic carbocycles. The molecule has 0 aliphatic heterocycles. The lowest BCUT2D eigenvalue weighted by atomic mass is 10.2. The molecule has 0 aromatic heterocycles. The van der Waals surface area contributed by atoms with Crippen molar-refractivity contribution in [1.29, 1.82) is 0 Å². The fourth-order valence-electron chi connectivity index (χ4n) is 1.79. The summed E-state index contributed by atoms with van der Waals surface area (Å²) in [5.74, 6) is 0. The highest BCUT2D eigenvalue weighted by molar-refractivity contribution is 5.70. The maximum Gasteiger partial charge on any atom is 0.0603 e. The van der Waals surface area contributed by atoms with Gasteiger partial charge in [-0.1, -0.05) is 12.1 Å². The van der Waals surface area contributed by atoms with Crippen molar-refractivity contribution in [2.45, 2.75) is 20.8 Å². The van der Waals surface area contributed by atoms with Gasteiger partial charge in [-0.15, -0.1) is 0 Å². The van der Waals surface area contributed by atoms with Crippen LogP contribution in [0, 0.1) is 0 Å². The number of nitrogens with zero attached hydrogens (tertiary/aromatic N) is 2. The molecule has 0 unspecified atom stereocenters. The summed E-state index contributed by atoms with van der Waals surface area (Å²) < 4.78 is 0. The van der Waals surface area contributed by atoms with Crippen molar-refractivity contribution in [2.75, 3.05) is 36.5 Å². The van der Waals surface area contributed by atoms with Crippen molar-refractivity contribution in [2.24, 2.45) is 0 Å². The molecule has 0 heterocycles. The molecule has 0 saturated heterocycles. The normalized spacial score (nSPS) is 10.1. The molecule has 0 N–H and O–H groups in total. The van der Waals surface area contributed by atoms with Crippen LogP contribution in [-0.4, -0.2) is 26.7 Å². The number of para-hydroxylation sites is 2. The van der Waals surface area contributed by atoms with E-state index in [0.29, 0.717) is 0 Å². The summed E-state index contributed by atoms with van der Waals surface area (Å²) in [6, 6.07) is 8.61. The van der Waals surface area contributed by atoms with Crippen molar-refractivity contribution < 1.29 is 0 Å². The highest BCUT2D eigenvalue weighted by Crippen LogP contribution is 2.27. The average molecular weight is 206 g/mol. The Hall–Kier alpha value is -1.18. The summed E-state index contributed by atoms with van der Waals surface area (Å²) in [4.78, 5) is 4.68. The molecule has 0 aliphatic carbocycles. The van der Waals surface area contributed by atoms with E-state index in [-0.39, 0.29) is 0 Å². The number of anilines is 2. The first-order valence-electron chi connectivity index (χ1n) is 5.79. The Morgan fingerprint density at radius 3 is 1.87 bits per heavy atom. The predicted octanol–water partition coefficient (Wildman–Crippen LogP) is 2.99. The van der Waals surface area contributed by atoms with E-state index in [1.807, 2.05) is 0 Å². The van der Waals surface area contributed by atoms with E-state index in [4.69, 9.17) is 0 Å². The molecule has 0 aliphatic rings. The van der Waals surface area contributed by atoms with E-state index in [1.165, 1.54) is 11.4 Å². The van der Waals surface area contributed by atoms with E-state index in [2.05, 4.69) is 61.9 Å². The van der Waals surface area contributed by atoms with Gasteiger partial charge in [0.15, 0.2) is 0 Å². The van der Waals surface area contributed by atoms with Crippen LogP contribution in [0.25, 0.3) is 0 Å². The molecule has 0 bridgehead atoms. The molecule has 2 heteroatoms.